The standard InChI is InChI=1S/C2H2O4.2BF2/c3-1(4)2(5)6;2*2-1-3/h(H,3,4)(H,5,6);;/q;2*+1/p-2. The summed E-state index contributed by atoms with van der Waals surface area (Å²) in [6.45, 7) is 0. The third-order valence-corrected chi connectivity index (χ3v) is 0.167. The Balaban J connectivity index is -0.000000115. The average Bonchev–Trinajstić information content (AvgIpc) is 1.90. The van der Waals surface area contributed by atoms with Gasteiger partial charge in [-0.2, -0.15) is 0 Å². The first kappa shape index (κ1) is 17.0. The molecule has 0 aliphatic rings. The van der Waals surface area contributed by atoms with Crippen molar-refractivity contribution in [2.75, 3.05) is 0 Å². The van der Waals surface area contributed by atoms with Crippen LogP contribution in [-0.4, -0.2) is 27.6 Å². The van der Waals surface area contributed by atoms with Gasteiger partial charge in [-0.15, -0.1) is 0 Å². The molecule has 4 nitrogen and oxygen atoms in total. The van der Waals surface area contributed by atoms with Crippen LogP contribution in [-0.2, 0) is 9.59 Å². The quantitative estimate of drug-likeness (QED) is 0.236. The molecule has 0 fully saturated rings. The van der Waals surface area contributed by atoms with Gasteiger partial charge in [0.2, 0.25) is 0 Å². The zero-order valence-corrected chi connectivity index (χ0v) is 5.30. The van der Waals surface area contributed by atoms with Gasteiger partial charge in [0.1, 0.15) is 0 Å². The fraction of sp³-hybridized carbons (Fsp3) is 0. The van der Waals surface area contributed by atoms with E-state index in [0.717, 1.165) is 0 Å². The number of rotatable bonds is 0. The van der Waals surface area contributed by atoms with E-state index < -0.39 is 27.6 Å². The average molecular weight is 186 g/mol. The number of aliphatic carboxylic acids is 2. The molecule has 10 heteroatoms. The number of hydrogen-bond acceptors (Lipinski definition) is 4. The van der Waals surface area contributed by atoms with Gasteiger partial charge in [0.05, 0.1) is 11.9 Å². The first-order valence-electron chi connectivity index (χ1n) is 1.94. The normalized spacial score (nSPS) is 5.33. The van der Waals surface area contributed by atoms with Crippen molar-refractivity contribution < 1.29 is 37.1 Å². The number of carbonyl (C=O) groups excluding carboxylic acids is 2. The Kier molecular flexibility index (Phi) is 23.3. The maximum absolute atomic E-state index is 9.50. The van der Waals surface area contributed by atoms with Crippen LogP contribution in [0.25, 0.3) is 0 Å². The van der Waals surface area contributed by atoms with Crippen LogP contribution in [0.15, 0.2) is 0 Å². The summed E-state index contributed by atoms with van der Waals surface area (Å²) in [7, 11) is -2.00. The smallest absolute Gasteiger partial charge is 0.0870 e. The minimum Gasteiger partial charge on any atom is -0.543 e. The Morgan fingerprint density at radius 2 is 0.917 bits per heavy atom. The van der Waals surface area contributed by atoms with Gasteiger partial charge in [-0.05, 0) is 0 Å². The zero-order valence-electron chi connectivity index (χ0n) is 5.30. The van der Waals surface area contributed by atoms with Gasteiger partial charge in [0.15, 0.2) is 0 Å². The molecule has 0 atom stereocenters. The van der Waals surface area contributed by atoms with Crippen molar-refractivity contribution in [3.8, 4) is 0 Å². The van der Waals surface area contributed by atoms with E-state index in [2.05, 4.69) is 0 Å². The Labute approximate surface area is 65.9 Å². The van der Waals surface area contributed by atoms with Gasteiger partial charge in [0.25, 0.3) is 0 Å². The van der Waals surface area contributed by atoms with Gasteiger partial charge in [0, 0.05) is 0 Å². The minimum absolute atomic E-state index is 1.00. The van der Waals surface area contributed by atoms with Crippen LogP contribution in [0.2, 0.25) is 0 Å². The fourth-order valence-corrected chi connectivity index (χ4v) is 0. The first-order chi connectivity index (χ1) is 5.47. The predicted octanol–water partition coefficient (Wildman–Crippen LogP) is -2.59. The monoisotopic (exact) mass is 186 g/mol. The SMILES string of the molecule is F[B+]F.F[B+]F.O=C([O-])C(=O)[O-]. The van der Waals surface area contributed by atoms with Crippen molar-refractivity contribution in [1.29, 1.82) is 0 Å². The second-order valence-electron chi connectivity index (χ2n) is 0.740. The Hall–Kier alpha value is -1.21. The number of carboxylic acid groups (broad SMARTS) is 2. The molecular formula is C2B2F4O4. The molecule has 0 unspecified atom stereocenters. The first-order valence-corrected chi connectivity index (χ1v) is 1.94. The Bertz CT molecular complexity index is 108. The molecule has 66 valence electrons. The maximum atomic E-state index is 9.50. The van der Waals surface area contributed by atoms with Crippen molar-refractivity contribution in [2.45, 2.75) is 0 Å². The van der Waals surface area contributed by atoms with Crippen molar-refractivity contribution in [2.24, 2.45) is 0 Å². The summed E-state index contributed by atoms with van der Waals surface area (Å²) in [6.07, 6.45) is 0. The molecule has 0 spiro atoms. The van der Waals surface area contributed by atoms with Gasteiger partial charge in [-0.1, -0.05) is 0 Å². The molecule has 0 heterocycles. The minimum atomic E-state index is -2.19. The molecule has 0 aliphatic heterocycles. The van der Waals surface area contributed by atoms with Gasteiger partial charge >= 0.3 is 32.9 Å². The molecule has 0 rings (SSSR count). The van der Waals surface area contributed by atoms with E-state index in [-0.39, 0.29) is 0 Å². The summed E-state index contributed by atoms with van der Waals surface area (Å²) in [5, 5.41) is 17.9. The van der Waals surface area contributed by atoms with Crippen LogP contribution in [0.5, 0.6) is 0 Å². The molecule has 12 heavy (non-hydrogen) atoms. The molecule has 0 saturated carbocycles. The molecule has 0 N–H and O–H groups in total. The summed E-state index contributed by atoms with van der Waals surface area (Å²) < 4.78 is 38.0. The zero-order chi connectivity index (χ0) is 10.6. The third-order valence-electron chi connectivity index (χ3n) is 0.167. The molecule has 0 aliphatic carbocycles. The summed E-state index contributed by atoms with van der Waals surface area (Å²) in [4.78, 5) is 17.9. The van der Waals surface area contributed by atoms with E-state index >= 15 is 0 Å². The van der Waals surface area contributed by atoms with Crippen molar-refractivity contribution in [1.82, 2.24) is 0 Å². The van der Waals surface area contributed by atoms with Crippen molar-refractivity contribution >= 4 is 27.6 Å². The number of carbonyl (C=O) groups is 2. The van der Waals surface area contributed by atoms with Crippen molar-refractivity contribution in [3.05, 3.63) is 0 Å². The van der Waals surface area contributed by atoms with Crippen LogP contribution in [0.3, 0.4) is 0 Å². The van der Waals surface area contributed by atoms with Crippen LogP contribution >= 0.6 is 0 Å². The van der Waals surface area contributed by atoms with Crippen LogP contribution in [0.4, 0.5) is 17.3 Å². The molecule has 0 radical (unpaired) electrons. The van der Waals surface area contributed by atoms with E-state index in [9.17, 15) is 17.3 Å². The summed E-state index contributed by atoms with van der Waals surface area (Å²) >= 11 is 0. The van der Waals surface area contributed by atoms with E-state index in [4.69, 9.17) is 19.8 Å². The van der Waals surface area contributed by atoms with E-state index in [0.29, 0.717) is 0 Å². The molecule has 0 amide bonds. The van der Waals surface area contributed by atoms with Crippen LogP contribution in [0.1, 0.15) is 0 Å². The van der Waals surface area contributed by atoms with E-state index in [1.807, 2.05) is 0 Å². The van der Waals surface area contributed by atoms with Crippen LogP contribution in [0, 0.1) is 0 Å². The van der Waals surface area contributed by atoms with Gasteiger partial charge < -0.3 is 19.8 Å². The predicted molar refractivity (Wildman–Crippen MR) is 26.0 cm³/mol. The van der Waals surface area contributed by atoms with Gasteiger partial charge in [-0.3, -0.25) is 0 Å². The molecule has 0 aromatic heterocycles. The molecular weight excluding hydrogens is 186 g/mol. The van der Waals surface area contributed by atoms with E-state index in [1.54, 1.807) is 0 Å². The third kappa shape index (κ3) is 68.5. The van der Waals surface area contributed by atoms with E-state index in [1.165, 1.54) is 0 Å². The second-order valence-corrected chi connectivity index (χ2v) is 0.740. The van der Waals surface area contributed by atoms with Crippen molar-refractivity contribution in [3.63, 3.8) is 0 Å². The number of halogens is 4. The topological polar surface area (TPSA) is 80.3 Å². The number of carboxylic acids is 2. The van der Waals surface area contributed by atoms with Gasteiger partial charge in [-0.25, -0.2) is 0 Å². The molecule has 0 saturated heterocycles. The summed E-state index contributed by atoms with van der Waals surface area (Å²) in [5.74, 6) is -4.37. The van der Waals surface area contributed by atoms with Crippen LogP contribution < -0.4 is 10.2 Å². The largest absolute Gasteiger partial charge is 0.543 e. The summed E-state index contributed by atoms with van der Waals surface area (Å²) in [6, 6.07) is 0. The number of hydrogen-bond donors (Lipinski definition) is 0. The molecule has 0 bridgehead atoms. The molecule has 0 aromatic carbocycles. The maximum Gasteiger partial charge on any atom is 0.0870 e. The molecule has 0 aromatic rings. The Morgan fingerprint density at radius 3 is 0.917 bits per heavy atom. The second kappa shape index (κ2) is 16.4. The fourth-order valence-electron chi connectivity index (χ4n) is 0. The Morgan fingerprint density at radius 1 is 0.833 bits per heavy atom. The summed E-state index contributed by atoms with van der Waals surface area (Å²) in [5.41, 5.74) is 0.